The van der Waals surface area contributed by atoms with Crippen molar-refractivity contribution >= 4 is 17.5 Å². The van der Waals surface area contributed by atoms with E-state index in [0.29, 0.717) is 6.54 Å². The van der Waals surface area contributed by atoms with E-state index in [1.54, 1.807) is 0 Å². The van der Waals surface area contributed by atoms with Crippen LogP contribution in [0, 0.1) is 20.8 Å². The first-order chi connectivity index (χ1) is 11.9. The van der Waals surface area contributed by atoms with Crippen LogP contribution in [0.15, 0.2) is 42.5 Å². The van der Waals surface area contributed by atoms with Crippen molar-refractivity contribution in [1.82, 2.24) is 4.90 Å². The number of carbonyl (C=O) groups excluding carboxylic acids is 2. The van der Waals surface area contributed by atoms with Gasteiger partial charge in [-0.1, -0.05) is 48.0 Å². The maximum Gasteiger partial charge on any atom is 0.251 e. The van der Waals surface area contributed by atoms with E-state index in [1.807, 2.05) is 44.0 Å². The summed E-state index contributed by atoms with van der Waals surface area (Å²) in [6, 6.07) is 13.7. The minimum absolute atomic E-state index is 0.122. The maximum absolute atomic E-state index is 13.0. The third kappa shape index (κ3) is 3.35. The standard InChI is InChI=1S/C21H24N2O2/c1-14-8-10-17(11-9-14)13-22(4)18-12-19(24)23(21(18)25)20-15(2)6-5-7-16(20)3/h5-11,18H,12-13H2,1-4H3/t18-/m1/s1. The Morgan fingerprint density at radius 2 is 1.60 bits per heavy atom. The first-order valence-electron chi connectivity index (χ1n) is 8.57. The third-order valence-corrected chi connectivity index (χ3v) is 4.87. The number of nitrogens with zero attached hydrogens (tertiary/aromatic N) is 2. The van der Waals surface area contributed by atoms with Gasteiger partial charge in [0.25, 0.3) is 5.91 Å². The minimum atomic E-state index is -0.409. The highest BCUT2D eigenvalue weighted by Crippen LogP contribution is 2.31. The van der Waals surface area contributed by atoms with Gasteiger partial charge in [0.15, 0.2) is 0 Å². The average Bonchev–Trinajstić information content (AvgIpc) is 2.85. The van der Waals surface area contributed by atoms with Gasteiger partial charge in [-0.15, -0.1) is 0 Å². The Bertz CT molecular complexity index is 791. The molecular formula is C21H24N2O2. The van der Waals surface area contributed by atoms with Crippen molar-refractivity contribution in [2.75, 3.05) is 11.9 Å². The normalized spacial score (nSPS) is 17.6. The molecule has 1 heterocycles. The fraction of sp³-hybridized carbons (Fsp3) is 0.333. The first kappa shape index (κ1) is 17.4. The number of para-hydroxylation sites is 1. The van der Waals surface area contributed by atoms with Crippen molar-refractivity contribution in [3.05, 3.63) is 64.7 Å². The van der Waals surface area contributed by atoms with Crippen molar-refractivity contribution < 1.29 is 9.59 Å². The van der Waals surface area contributed by atoms with E-state index < -0.39 is 6.04 Å². The molecule has 4 nitrogen and oxygen atoms in total. The third-order valence-electron chi connectivity index (χ3n) is 4.87. The van der Waals surface area contributed by atoms with E-state index in [0.717, 1.165) is 22.4 Å². The second-order valence-electron chi connectivity index (χ2n) is 6.93. The number of anilines is 1. The van der Waals surface area contributed by atoms with Gasteiger partial charge in [-0.2, -0.15) is 0 Å². The van der Waals surface area contributed by atoms with E-state index in [-0.39, 0.29) is 18.2 Å². The van der Waals surface area contributed by atoms with Crippen LogP contribution in [-0.4, -0.2) is 29.8 Å². The van der Waals surface area contributed by atoms with Crippen LogP contribution in [0.1, 0.15) is 28.7 Å². The fourth-order valence-electron chi connectivity index (χ4n) is 3.45. The SMILES string of the molecule is Cc1ccc(CN(C)[C@@H]2CC(=O)N(c3c(C)cccc3C)C2=O)cc1. The number of aryl methyl sites for hydroxylation is 3. The van der Waals surface area contributed by atoms with Gasteiger partial charge in [-0.05, 0) is 44.5 Å². The van der Waals surface area contributed by atoms with E-state index in [9.17, 15) is 9.59 Å². The van der Waals surface area contributed by atoms with E-state index in [2.05, 4.69) is 31.2 Å². The number of likely N-dealkylation sites (N-methyl/N-ethyl adjacent to an activating group) is 1. The van der Waals surface area contributed by atoms with E-state index in [4.69, 9.17) is 0 Å². The molecule has 1 aliphatic rings. The molecule has 1 saturated heterocycles. The predicted octanol–water partition coefficient (Wildman–Crippen LogP) is 3.38. The molecule has 4 heteroatoms. The van der Waals surface area contributed by atoms with Gasteiger partial charge >= 0.3 is 0 Å². The summed E-state index contributed by atoms with van der Waals surface area (Å²) in [5.41, 5.74) is 4.98. The van der Waals surface area contributed by atoms with Crippen molar-refractivity contribution in [3.63, 3.8) is 0 Å². The molecule has 1 fully saturated rings. The van der Waals surface area contributed by atoms with Gasteiger partial charge in [0.05, 0.1) is 18.2 Å². The number of hydrogen-bond acceptors (Lipinski definition) is 3. The molecular weight excluding hydrogens is 312 g/mol. The summed E-state index contributed by atoms with van der Waals surface area (Å²) in [7, 11) is 1.91. The Morgan fingerprint density at radius 1 is 1.00 bits per heavy atom. The molecule has 1 aliphatic heterocycles. The highest BCUT2D eigenvalue weighted by atomic mass is 16.2. The lowest BCUT2D eigenvalue weighted by molar-refractivity contribution is -0.122. The Labute approximate surface area is 149 Å². The largest absolute Gasteiger partial charge is 0.290 e. The quantitative estimate of drug-likeness (QED) is 0.804. The summed E-state index contributed by atoms with van der Waals surface area (Å²) in [5.74, 6) is -0.250. The zero-order valence-electron chi connectivity index (χ0n) is 15.2. The van der Waals surface area contributed by atoms with Gasteiger partial charge in [0, 0.05) is 6.54 Å². The van der Waals surface area contributed by atoms with Crippen LogP contribution >= 0.6 is 0 Å². The van der Waals surface area contributed by atoms with Crippen LogP contribution in [0.4, 0.5) is 5.69 Å². The number of benzene rings is 2. The van der Waals surface area contributed by atoms with Gasteiger partial charge < -0.3 is 0 Å². The molecule has 3 rings (SSSR count). The molecule has 0 spiro atoms. The zero-order valence-corrected chi connectivity index (χ0v) is 15.2. The number of imide groups is 1. The minimum Gasteiger partial charge on any atom is -0.290 e. The number of rotatable bonds is 4. The molecule has 0 aromatic heterocycles. The lowest BCUT2D eigenvalue weighted by Crippen LogP contribution is -2.40. The monoisotopic (exact) mass is 336 g/mol. The van der Waals surface area contributed by atoms with Crippen molar-refractivity contribution in [2.24, 2.45) is 0 Å². The Kier molecular flexibility index (Phi) is 4.73. The van der Waals surface area contributed by atoms with Crippen molar-refractivity contribution in [1.29, 1.82) is 0 Å². The molecule has 25 heavy (non-hydrogen) atoms. The van der Waals surface area contributed by atoms with Crippen LogP contribution < -0.4 is 4.90 Å². The van der Waals surface area contributed by atoms with Crippen LogP contribution in [0.2, 0.25) is 0 Å². The highest BCUT2D eigenvalue weighted by molar-refractivity contribution is 6.23. The molecule has 0 radical (unpaired) electrons. The number of hydrogen-bond donors (Lipinski definition) is 0. The summed E-state index contributed by atoms with van der Waals surface area (Å²) >= 11 is 0. The van der Waals surface area contributed by atoms with Crippen LogP contribution in [-0.2, 0) is 16.1 Å². The van der Waals surface area contributed by atoms with Gasteiger partial charge in [0.1, 0.15) is 0 Å². The molecule has 0 aliphatic carbocycles. The van der Waals surface area contributed by atoms with Gasteiger partial charge in [0.2, 0.25) is 5.91 Å². The predicted molar refractivity (Wildman–Crippen MR) is 99.5 cm³/mol. The highest BCUT2D eigenvalue weighted by Gasteiger charge is 2.42. The molecule has 0 unspecified atom stereocenters. The number of carbonyl (C=O) groups is 2. The van der Waals surface area contributed by atoms with Gasteiger partial charge in [-0.25, -0.2) is 4.90 Å². The molecule has 2 aromatic rings. The van der Waals surface area contributed by atoms with Crippen molar-refractivity contribution in [3.8, 4) is 0 Å². The number of amides is 2. The summed E-state index contributed by atoms with van der Waals surface area (Å²) in [6.45, 7) is 6.57. The zero-order chi connectivity index (χ0) is 18.1. The van der Waals surface area contributed by atoms with Crippen LogP contribution in [0.5, 0.6) is 0 Å². The summed E-state index contributed by atoms with van der Waals surface area (Å²) in [4.78, 5) is 28.9. The lowest BCUT2D eigenvalue weighted by Gasteiger charge is -2.24. The Hall–Kier alpha value is -2.46. The Balaban J connectivity index is 1.82. The van der Waals surface area contributed by atoms with E-state index >= 15 is 0 Å². The smallest absolute Gasteiger partial charge is 0.251 e. The summed E-state index contributed by atoms with van der Waals surface area (Å²) in [6.07, 6.45) is 0.231. The molecule has 130 valence electrons. The lowest BCUT2D eigenvalue weighted by atomic mass is 10.1. The average molecular weight is 336 g/mol. The second-order valence-corrected chi connectivity index (χ2v) is 6.93. The van der Waals surface area contributed by atoms with E-state index in [1.165, 1.54) is 10.5 Å². The summed E-state index contributed by atoms with van der Waals surface area (Å²) < 4.78 is 0. The molecule has 0 bridgehead atoms. The summed E-state index contributed by atoms with van der Waals surface area (Å²) in [5, 5.41) is 0. The Morgan fingerprint density at radius 3 is 2.20 bits per heavy atom. The maximum atomic E-state index is 13.0. The molecule has 2 aromatic carbocycles. The second kappa shape index (κ2) is 6.81. The molecule has 0 N–H and O–H groups in total. The molecule has 0 saturated carbocycles. The first-order valence-corrected chi connectivity index (χ1v) is 8.57. The molecule has 2 amide bonds. The van der Waals surface area contributed by atoms with Crippen LogP contribution in [0.3, 0.4) is 0 Å². The fourth-order valence-corrected chi connectivity index (χ4v) is 3.45. The van der Waals surface area contributed by atoms with Crippen LogP contribution in [0.25, 0.3) is 0 Å². The van der Waals surface area contributed by atoms with Gasteiger partial charge in [-0.3, -0.25) is 14.5 Å². The topological polar surface area (TPSA) is 40.6 Å². The van der Waals surface area contributed by atoms with Crippen molar-refractivity contribution in [2.45, 2.75) is 39.8 Å². The molecule has 1 atom stereocenters.